The van der Waals surface area contributed by atoms with Gasteiger partial charge in [0.2, 0.25) is 0 Å². The van der Waals surface area contributed by atoms with E-state index < -0.39 is 0 Å². The fourth-order valence-corrected chi connectivity index (χ4v) is 6.17. The van der Waals surface area contributed by atoms with E-state index in [2.05, 4.69) is 109 Å². The molecule has 0 N–H and O–H groups in total. The second-order valence-electron chi connectivity index (χ2n) is 13.0. The van der Waals surface area contributed by atoms with Crippen molar-refractivity contribution in [3.63, 3.8) is 0 Å². The van der Waals surface area contributed by atoms with E-state index in [9.17, 15) is 0 Å². The summed E-state index contributed by atoms with van der Waals surface area (Å²) in [5.41, 5.74) is 12.3. The molecule has 2 aliphatic carbocycles. The largest absolute Gasteiger partial charge is 0.0654 e. The van der Waals surface area contributed by atoms with E-state index >= 15 is 0 Å². The van der Waals surface area contributed by atoms with Crippen LogP contribution in [0.1, 0.15) is 129 Å². The molecule has 1 unspecified atom stereocenters. The first-order chi connectivity index (χ1) is 17.7. The molecule has 0 spiro atoms. The predicted molar refractivity (Wildman–Crippen MR) is 164 cm³/mol. The first-order valence-electron chi connectivity index (χ1n) is 15.0. The summed E-state index contributed by atoms with van der Waals surface area (Å²) in [6.45, 7) is 16.6. The average Bonchev–Trinajstić information content (AvgIpc) is 2.90. The van der Waals surface area contributed by atoms with Crippen LogP contribution in [0, 0.1) is 5.92 Å². The third kappa shape index (κ3) is 6.22. The van der Waals surface area contributed by atoms with Crippen LogP contribution in [0.5, 0.6) is 0 Å². The van der Waals surface area contributed by atoms with E-state index in [4.69, 9.17) is 0 Å². The highest BCUT2D eigenvalue weighted by atomic mass is 14.3. The summed E-state index contributed by atoms with van der Waals surface area (Å²) < 4.78 is 0. The molecule has 0 aliphatic heterocycles. The van der Waals surface area contributed by atoms with Crippen LogP contribution in [0.2, 0.25) is 0 Å². The minimum absolute atomic E-state index is 0.240. The van der Waals surface area contributed by atoms with E-state index in [-0.39, 0.29) is 10.8 Å². The quantitative estimate of drug-likeness (QED) is 0.308. The molecule has 0 heterocycles. The summed E-state index contributed by atoms with van der Waals surface area (Å²) >= 11 is 0. The predicted octanol–water partition coefficient (Wildman–Crippen LogP) is 11.2. The maximum atomic E-state index is 2.41. The Morgan fingerprint density at radius 3 is 1.65 bits per heavy atom. The van der Waals surface area contributed by atoms with Gasteiger partial charge in [-0.3, -0.25) is 0 Å². The van der Waals surface area contributed by atoms with Crippen molar-refractivity contribution in [2.45, 2.75) is 117 Å². The fraction of sp³-hybridized carbons (Fsp3) is 0.514. The third-order valence-electron chi connectivity index (χ3n) is 9.30. The van der Waals surface area contributed by atoms with Crippen molar-refractivity contribution in [1.29, 1.82) is 0 Å². The van der Waals surface area contributed by atoms with E-state index in [1.165, 1.54) is 84.8 Å². The Hall–Kier alpha value is -2.34. The zero-order chi connectivity index (χ0) is 26.6. The van der Waals surface area contributed by atoms with Crippen molar-refractivity contribution >= 4 is 11.1 Å². The molecule has 0 nitrogen and oxygen atoms in total. The standard InChI is InChI=1S/C37H50/c1-8-10-24-36(4,5)31-18-13-28(14-19-31)30-17-23-34(35(26-30)33-22-12-27(33)3)29-15-20-32(21-16-29)37(6,7)25-11-9-2/h13-21,23,27H,8-12,22,24-26H2,1-7H3/b35-33+. The number of allylic oxidation sites excluding steroid dienone is 6. The molecule has 2 aromatic rings. The first kappa shape index (κ1) is 27.7. The molecular weight excluding hydrogens is 444 g/mol. The van der Waals surface area contributed by atoms with E-state index in [1.807, 2.05) is 0 Å². The summed E-state index contributed by atoms with van der Waals surface area (Å²) in [6.07, 6.45) is 16.0. The van der Waals surface area contributed by atoms with Crippen LogP contribution in [0.4, 0.5) is 0 Å². The highest BCUT2D eigenvalue weighted by Crippen LogP contribution is 2.46. The molecule has 0 bridgehead atoms. The second-order valence-corrected chi connectivity index (χ2v) is 13.0. The van der Waals surface area contributed by atoms with Crippen LogP contribution in [0.25, 0.3) is 11.1 Å². The lowest BCUT2D eigenvalue weighted by molar-refractivity contribution is 0.458. The molecule has 0 radical (unpaired) electrons. The highest BCUT2D eigenvalue weighted by molar-refractivity contribution is 5.89. The lowest BCUT2D eigenvalue weighted by Gasteiger charge is -2.33. The van der Waals surface area contributed by atoms with Crippen molar-refractivity contribution in [2.24, 2.45) is 5.92 Å². The monoisotopic (exact) mass is 494 g/mol. The SMILES string of the molecule is CCCCC(C)(C)c1ccc(C2=CC=C(c3ccc(C(C)(C)CCCC)cc3)/C(=C3\CCC3C)C2)cc1. The van der Waals surface area contributed by atoms with Gasteiger partial charge in [-0.25, -0.2) is 0 Å². The van der Waals surface area contributed by atoms with Crippen LogP contribution < -0.4 is 0 Å². The molecule has 198 valence electrons. The topological polar surface area (TPSA) is 0 Å². The molecule has 1 atom stereocenters. The molecular formula is C37H50. The van der Waals surface area contributed by atoms with Gasteiger partial charge in [0.1, 0.15) is 0 Å². The van der Waals surface area contributed by atoms with Crippen LogP contribution in [0.15, 0.2) is 71.8 Å². The molecule has 0 saturated heterocycles. The average molecular weight is 495 g/mol. The number of unbranched alkanes of at least 4 members (excludes halogenated alkanes) is 2. The Morgan fingerprint density at radius 2 is 1.22 bits per heavy atom. The normalized spacial score (nSPS) is 20.4. The van der Waals surface area contributed by atoms with Crippen LogP contribution in [-0.4, -0.2) is 0 Å². The molecule has 0 aromatic heterocycles. The first-order valence-corrected chi connectivity index (χ1v) is 15.0. The van der Waals surface area contributed by atoms with Crippen molar-refractivity contribution in [3.8, 4) is 0 Å². The summed E-state index contributed by atoms with van der Waals surface area (Å²) in [5.74, 6) is 0.715. The Morgan fingerprint density at radius 1 is 0.703 bits per heavy atom. The number of benzene rings is 2. The van der Waals surface area contributed by atoms with Gasteiger partial charge in [0.15, 0.2) is 0 Å². The number of hydrogen-bond acceptors (Lipinski definition) is 0. The van der Waals surface area contributed by atoms with Crippen molar-refractivity contribution in [3.05, 3.63) is 94.1 Å². The smallest absolute Gasteiger partial charge is 0.00140 e. The Labute approximate surface area is 228 Å². The summed E-state index contributed by atoms with van der Waals surface area (Å²) in [7, 11) is 0. The number of rotatable bonds is 10. The van der Waals surface area contributed by atoms with Crippen LogP contribution >= 0.6 is 0 Å². The lowest BCUT2D eigenvalue weighted by atomic mass is 9.72. The molecule has 1 fully saturated rings. The molecule has 0 heteroatoms. The van der Waals surface area contributed by atoms with Gasteiger partial charge in [0.25, 0.3) is 0 Å². The molecule has 2 aromatic carbocycles. The fourth-order valence-electron chi connectivity index (χ4n) is 6.17. The molecule has 0 amide bonds. The van der Waals surface area contributed by atoms with Gasteiger partial charge in [0, 0.05) is 0 Å². The van der Waals surface area contributed by atoms with E-state index in [0.29, 0.717) is 5.92 Å². The summed E-state index contributed by atoms with van der Waals surface area (Å²) in [6, 6.07) is 19.0. The summed E-state index contributed by atoms with van der Waals surface area (Å²) in [4.78, 5) is 0. The summed E-state index contributed by atoms with van der Waals surface area (Å²) in [5, 5.41) is 0. The minimum atomic E-state index is 0.240. The molecule has 4 rings (SSSR count). The zero-order valence-electron chi connectivity index (χ0n) is 24.7. The molecule has 1 saturated carbocycles. The second kappa shape index (κ2) is 11.6. The van der Waals surface area contributed by atoms with Gasteiger partial charge >= 0.3 is 0 Å². The third-order valence-corrected chi connectivity index (χ3v) is 9.30. The lowest BCUT2D eigenvalue weighted by Crippen LogP contribution is -2.17. The molecule has 37 heavy (non-hydrogen) atoms. The van der Waals surface area contributed by atoms with Gasteiger partial charge in [-0.15, -0.1) is 0 Å². The van der Waals surface area contributed by atoms with Crippen molar-refractivity contribution in [2.75, 3.05) is 0 Å². The molecule has 2 aliphatic rings. The van der Waals surface area contributed by atoms with Gasteiger partial charge in [-0.1, -0.05) is 140 Å². The highest BCUT2D eigenvalue weighted by Gasteiger charge is 2.28. The Bertz CT molecular complexity index is 1150. The van der Waals surface area contributed by atoms with Crippen molar-refractivity contribution < 1.29 is 0 Å². The zero-order valence-corrected chi connectivity index (χ0v) is 24.7. The maximum absolute atomic E-state index is 2.41. The van der Waals surface area contributed by atoms with Gasteiger partial charge in [0.05, 0.1) is 0 Å². The minimum Gasteiger partial charge on any atom is -0.0654 e. The Kier molecular flexibility index (Phi) is 8.67. The van der Waals surface area contributed by atoms with Gasteiger partial charge < -0.3 is 0 Å². The van der Waals surface area contributed by atoms with Crippen LogP contribution in [0.3, 0.4) is 0 Å². The van der Waals surface area contributed by atoms with E-state index in [1.54, 1.807) is 11.1 Å². The van der Waals surface area contributed by atoms with Gasteiger partial charge in [-0.05, 0) is 87.8 Å². The van der Waals surface area contributed by atoms with Crippen LogP contribution in [-0.2, 0) is 10.8 Å². The number of hydrogen-bond donors (Lipinski definition) is 0. The van der Waals surface area contributed by atoms with E-state index in [0.717, 1.165) is 6.42 Å². The maximum Gasteiger partial charge on any atom is -0.00140 e. The van der Waals surface area contributed by atoms with Crippen molar-refractivity contribution in [1.82, 2.24) is 0 Å². The Balaban J connectivity index is 1.62. The van der Waals surface area contributed by atoms with Gasteiger partial charge in [-0.2, -0.15) is 0 Å².